The van der Waals surface area contributed by atoms with Gasteiger partial charge in [0.15, 0.2) is 10.4 Å². The second-order valence-electron chi connectivity index (χ2n) is 4.04. The zero-order valence-corrected chi connectivity index (χ0v) is 12.2. The van der Waals surface area contributed by atoms with Crippen LogP contribution in [-0.4, -0.2) is 12.5 Å². The van der Waals surface area contributed by atoms with Crippen LogP contribution in [-0.2, 0) is 6.54 Å². The summed E-state index contributed by atoms with van der Waals surface area (Å²) in [4.78, 5) is 11.9. The van der Waals surface area contributed by atoms with E-state index in [0.29, 0.717) is 4.67 Å². The van der Waals surface area contributed by atoms with Gasteiger partial charge in [0.05, 0.1) is 0 Å². The van der Waals surface area contributed by atoms with Crippen molar-refractivity contribution in [3.8, 4) is 0 Å². The first-order chi connectivity index (χ1) is 9.19. The minimum atomic E-state index is -0.258. The van der Waals surface area contributed by atoms with E-state index in [0.717, 1.165) is 24.3 Å². The minimum absolute atomic E-state index is 0.258. The third-order valence-electron chi connectivity index (χ3n) is 2.56. The molecule has 0 aliphatic rings. The molecule has 5 heteroatoms. The van der Waals surface area contributed by atoms with Gasteiger partial charge < -0.3 is 15.1 Å². The molecule has 0 spiro atoms. The van der Waals surface area contributed by atoms with E-state index in [-0.39, 0.29) is 11.7 Å². The van der Waals surface area contributed by atoms with Crippen LogP contribution in [0, 0.1) is 0 Å². The van der Waals surface area contributed by atoms with E-state index in [9.17, 15) is 4.79 Å². The van der Waals surface area contributed by atoms with Crippen molar-refractivity contribution in [1.29, 1.82) is 0 Å². The van der Waals surface area contributed by atoms with E-state index in [2.05, 4.69) is 33.5 Å². The number of nitrogens with one attached hydrogen (secondary N) is 2. The van der Waals surface area contributed by atoms with Crippen molar-refractivity contribution in [3.05, 3.63) is 52.4 Å². The third-order valence-corrected chi connectivity index (χ3v) is 2.99. The van der Waals surface area contributed by atoms with Crippen molar-refractivity contribution >= 4 is 27.5 Å². The van der Waals surface area contributed by atoms with Crippen LogP contribution in [0.5, 0.6) is 0 Å². The Labute approximate surface area is 120 Å². The summed E-state index contributed by atoms with van der Waals surface area (Å²) in [7, 11) is 0. The highest BCUT2D eigenvalue weighted by molar-refractivity contribution is 9.10. The monoisotopic (exact) mass is 322 g/mol. The third kappa shape index (κ3) is 3.94. The molecule has 0 bridgehead atoms. The van der Waals surface area contributed by atoms with Crippen LogP contribution < -0.4 is 10.6 Å². The molecule has 0 fully saturated rings. The van der Waals surface area contributed by atoms with Gasteiger partial charge in [-0.25, -0.2) is 0 Å². The van der Waals surface area contributed by atoms with Crippen LogP contribution in [0.4, 0.5) is 5.69 Å². The Bertz CT molecular complexity index is 566. The zero-order valence-electron chi connectivity index (χ0n) is 10.6. The molecule has 0 aliphatic carbocycles. The Morgan fingerprint density at radius 3 is 2.84 bits per heavy atom. The molecular formula is C14H15BrN2O2. The van der Waals surface area contributed by atoms with Gasteiger partial charge in [-0.2, -0.15) is 0 Å². The van der Waals surface area contributed by atoms with E-state index in [1.165, 1.54) is 0 Å². The van der Waals surface area contributed by atoms with Gasteiger partial charge in [-0.15, -0.1) is 0 Å². The summed E-state index contributed by atoms with van der Waals surface area (Å²) in [6, 6.07) is 11.0. The molecule has 1 aromatic carbocycles. The molecule has 0 unspecified atom stereocenters. The Morgan fingerprint density at radius 2 is 2.16 bits per heavy atom. The van der Waals surface area contributed by atoms with Gasteiger partial charge in [-0.1, -0.05) is 19.1 Å². The fraction of sp³-hybridized carbons (Fsp3) is 0.214. The van der Waals surface area contributed by atoms with Gasteiger partial charge in [0.25, 0.3) is 5.91 Å². The second kappa shape index (κ2) is 6.54. The van der Waals surface area contributed by atoms with Gasteiger partial charge in [-0.05, 0) is 52.3 Å². The smallest absolute Gasteiger partial charge is 0.291 e. The summed E-state index contributed by atoms with van der Waals surface area (Å²) in [5, 5.41) is 6.05. The molecule has 2 rings (SSSR count). The Hall–Kier alpha value is -1.59. The molecule has 1 amide bonds. The SMILES string of the molecule is CCNCc1cccc(NC(=O)c2ccc(Br)o2)c1. The molecule has 1 heterocycles. The first kappa shape index (κ1) is 13.8. The van der Waals surface area contributed by atoms with Gasteiger partial charge in [0, 0.05) is 12.2 Å². The summed E-state index contributed by atoms with van der Waals surface area (Å²) in [5.74, 6) is 0.0234. The summed E-state index contributed by atoms with van der Waals surface area (Å²) in [6.45, 7) is 3.75. The van der Waals surface area contributed by atoms with Gasteiger partial charge in [-0.3, -0.25) is 4.79 Å². The number of carbonyl (C=O) groups excluding carboxylic acids is 1. The van der Waals surface area contributed by atoms with E-state index >= 15 is 0 Å². The van der Waals surface area contributed by atoms with E-state index in [4.69, 9.17) is 4.42 Å². The highest BCUT2D eigenvalue weighted by Gasteiger charge is 2.10. The van der Waals surface area contributed by atoms with Crippen molar-refractivity contribution in [3.63, 3.8) is 0 Å². The first-order valence-corrected chi connectivity index (χ1v) is 6.84. The lowest BCUT2D eigenvalue weighted by Gasteiger charge is -2.06. The molecular weight excluding hydrogens is 308 g/mol. The molecule has 0 radical (unpaired) electrons. The number of carbonyl (C=O) groups is 1. The lowest BCUT2D eigenvalue weighted by atomic mass is 10.2. The predicted molar refractivity (Wildman–Crippen MR) is 78.2 cm³/mol. The van der Waals surface area contributed by atoms with Crippen LogP contribution in [0.15, 0.2) is 45.5 Å². The molecule has 100 valence electrons. The fourth-order valence-corrected chi connectivity index (χ4v) is 1.96. The summed E-state index contributed by atoms with van der Waals surface area (Å²) in [6.07, 6.45) is 0. The maximum Gasteiger partial charge on any atom is 0.291 e. The van der Waals surface area contributed by atoms with Crippen molar-refractivity contribution < 1.29 is 9.21 Å². The van der Waals surface area contributed by atoms with Crippen molar-refractivity contribution in [2.75, 3.05) is 11.9 Å². The largest absolute Gasteiger partial charge is 0.444 e. The average molecular weight is 323 g/mol. The van der Waals surface area contributed by atoms with Crippen LogP contribution in [0.1, 0.15) is 23.0 Å². The first-order valence-electron chi connectivity index (χ1n) is 6.05. The van der Waals surface area contributed by atoms with Gasteiger partial charge in [0.2, 0.25) is 0 Å². The number of hydrogen-bond donors (Lipinski definition) is 2. The van der Waals surface area contributed by atoms with Crippen LogP contribution in [0.25, 0.3) is 0 Å². The molecule has 2 N–H and O–H groups in total. The summed E-state index contributed by atoms with van der Waals surface area (Å²) in [5.41, 5.74) is 1.88. The highest BCUT2D eigenvalue weighted by atomic mass is 79.9. The summed E-state index contributed by atoms with van der Waals surface area (Å²) >= 11 is 3.17. The standard InChI is InChI=1S/C14H15BrN2O2/c1-2-16-9-10-4-3-5-11(8-10)17-14(18)12-6-7-13(15)19-12/h3-8,16H,2,9H2,1H3,(H,17,18). The molecule has 0 atom stereocenters. The summed E-state index contributed by atoms with van der Waals surface area (Å²) < 4.78 is 5.75. The quantitative estimate of drug-likeness (QED) is 0.887. The minimum Gasteiger partial charge on any atom is -0.444 e. The lowest BCUT2D eigenvalue weighted by Crippen LogP contribution is -2.13. The molecule has 19 heavy (non-hydrogen) atoms. The number of hydrogen-bond acceptors (Lipinski definition) is 3. The van der Waals surface area contributed by atoms with E-state index < -0.39 is 0 Å². The van der Waals surface area contributed by atoms with E-state index in [1.807, 2.05) is 24.3 Å². The van der Waals surface area contributed by atoms with Gasteiger partial charge in [0.1, 0.15) is 0 Å². The highest BCUT2D eigenvalue weighted by Crippen LogP contribution is 2.16. The van der Waals surface area contributed by atoms with Gasteiger partial charge >= 0.3 is 0 Å². The van der Waals surface area contributed by atoms with Crippen molar-refractivity contribution in [2.45, 2.75) is 13.5 Å². The molecule has 0 saturated carbocycles. The number of anilines is 1. The van der Waals surface area contributed by atoms with Crippen LogP contribution in [0.2, 0.25) is 0 Å². The maximum absolute atomic E-state index is 11.9. The number of halogens is 1. The Morgan fingerprint density at radius 1 is 1.32 bits per heavy atom. The van der Waals surface area contributed by atoms with Crippen LogP contribution >= 0.6 is 15.9 Å². The molecule has 0 aliphatic heterocycles. The predicted octanol–water partition coefficient (Wildman–Crippen LogP) is 3.40. The average Bonchev–Trinajstić information content (AvgIpc) is 2.83. The Balaban J connectivity index is 2.04. The fourth-order valence-electron chi connectivity index (χ4n) is 1.66. The molecule has 0 saturated heterocycles. The zero-order chi connectivity index (χ0) is 13.7. The number of rotatable bonds is 5. The second-order valence-corrected chi connectivity index (χ2v) is 4.82. The normalized spacial score (nSPS) is 10.4. The number of amides is 1. The lowest BCUT2D eigenvalue weighted by molar-refractivity contribution is 0.0995. The molecule has 2 aromatic rings. The van der Waals surface area contributed by atoms with Crippen molar-refractivity contribution in [2.24, 2.45) is 0 Å². The number of furan rings is 1. The van der Waals surface area contributed by atoms with E-state index in [1.54, 1.807) is 12.1 Å². The van der Waals surface area contributed by atoms with Crippen molar-refractivity contribution in [1.82, 2.24) is 5.32 Å². The molecule has 1 aromatic heterocycles. The topological polar surface area (TPSA) is 54.3 Å². The maximum atomic E-state index is 11.9. The number of benzene rings is 1. The molecule has 4 nitrogen and oxygen atoms in total. The Kier molecular flexibility index (Phi) is 4.76. The van der Waals surface area contributed by atoms with Crippen LogP contribution in [0.3, 0.4) is 0 Å².